The minimum Gasteiger partial charge on any atom is -0.384 e. The van der Waals surface area contributed by atoms with Gasteiger partial charge in [0.2, 0.25) is 10.0 Å². The third-order valence-electron chi connectivity index (χ3n) is 2.80. The van der Waals surface area contributed by atoms with E-state index in [2.05, 4.69) is 11.6 Å². The normalized spacial score (nSPS) is 13.5. The summed E-state index contributed by atoms with van der Waals surface area (Å²) in [5, 5.41) is 0. The Bertz CT molecular complexity index is 454. The Morgan fingerprint density at radius 2 is 1.89 bits per heavy atom. The van der Waals surface area contributed by atoms with Crippen LogP contribution in [-0.4, -0.2) is 27.9 Å². The van der Waals surface area contributed by atoms with E-state index < -0.39 is 10.0 Å². The monoisotopic (exact) mass is 271 g/mol. The SMILES string of the molecule is CCc1ccc([C@H](C)NS(=O)(=O)CCOC)cc1. The van der Waals surface area contributed by atoms with E-state index in [1.165, 1.54) is 12.7 Å². The van der Waals surface area contributed by atoms with Crippen LogP contribution < -0.4 is 4.72 Å². The molecule has 1 aromatic carbocycles. The van der Waals surface area contributed by atoms with Gasteiger partial charge >= 0.3 is 0 Å². The number of aryl methyl sites for hydroxylation is 1. The molecule has 0 aliphatic carbocycles. The zero-order valence-electron chi connectivity index (χ0n) is 11.1. The second-order valence-electron chi connectivity index (χ2n) is 4.25. The van der Waals surface area contributed by atoms with Crippen molar-refractivity contribution in [1.82, 2.24) is 4.72 Å². The van der Waals surface area contributed by atoms with Gasteiger partial charge in [0.1, 0.15) is 0 Å². The Morgan fingerprint density at radius 3 is 2.39 bits per heavy atom. The van der Waals surface area contributed by atoms with Gasteiger partial charge in [0.05, 0.1) is 12.4 Å². The topological polar surface area (TPSA) is 55.4 Å². The molecule has 0 heterocycles. The van der Waals surface area contributed by atoms with Gasteiger partial charge in [0, 0.05) is 13.2 Å². The molecular weight excluding hydrogens is 250 g/mol. The fraction of sp³-hybridized carbons (Fsp3) is 0.538. The summed E-state index contributed by atoms with van der Waals surface area (Å²) in [5.74, 6) is -0.0130. The second kappa shape index (κ2) is 6.87. The van der Waals surface area contributed by atoms with Gasteiger partial charge in [-0.15, -0.1) is 0 Å². The predicted molar refractivity (Wildman–Crippen MR) is 73.0 cm³/mol. The van der Waals surface area contributed by atoms with Crippen LogP contribution in [0.2, 0.25) is 0 Å². The number of ether oxygens (including phenoxy) is 1. The Hall–Kier alpha value is -0.910. The standard InChI is InChI=1S/C13H21NO3S/c1-4-12-5-7-13(8-6-12)11(2)14-18(15,16)10-9-17-3/h5-8,11,14H,4,9-10H2,1-3H3/t11-/m0/s1. The van der Waals surface area contributed by atoms with E-state index in [1.54, 1.807) is 0 Å². The molecule has 0 radical (unpaired) electrons. The van der Waals surface area contributed by atoms with Gasteiger partial charge < -0.3 is 4.74 Å². The summed E-state index contributed by atoms with van der Waals surface area (Å²) in [6.45, 7) is 4.13. The maximum absolute atomic E-state index is 11.7. The van der Waals surface area contributed by atoms with E-state index in [9.17, 15) is 8.42 Å². The zero-order valence-corrected chi connectivity index (χ0v) is 12.0. The van der Waals surface area contributed by atoms with Crippen molar-refractivity contribution < 1.29 is 13.2 Å². The lowest BCUT2D eigenvalue weighted by Gasteiger charge is -2.14. The zero-order chi connectivity index (χ0) is 13.6. The average molecular weight is 271 g/mol. The highest BCUT2D eigenvalue weighted by molar-refractivity contribution is 7.89. The van der Waals surface area contributed by atoms with Gasteiger partial charge in [-0.25, -0.2) is 13.1 Å². The van der Waals surface area contributed by atoms with E-state index >= 15 is 0 Å². The summed E-state index contributed by atoms with van der Waals surface area (Å²) in [4.78, 5) is 0. The molecule has 0 unspecified atom stereocenters. The number of rotatable bonds is 7. The van der Waals surface area contributed by atoms with Gasteiger partial charge in [-0.05, 0) is 24.5 Å². The molecule has 0 saturated carbocycles. The molecule has 0 bridgehead atoms. The Labute approximate surface area is 109 Å². The van der Waals surface area contributed by atoms with Crippen LogP contribution in [0.15, 0.2) is 24.3 Å². The van der Waals surface area contributed by atoms with Crippen molar-refractivity contribution in [3.05, 3.63) is 35.4 Å². The molecule has 1 N–H and O–H groups in total. The van der Waals surface area contributed by atoms with Gasteiger partial charge in [-0.3, -0.25) is 0 Å². The summed E-state index contributed by atoms with van der Waals surface area (Å²) in [5.41, 5.74) is 2.21. The molecule has 1 aromatic rings. The van der Waals surface area contributed by atoms with Gasteiger partial charge in [0.25, 0.3) is 0 Å². The quantitative estimate of drug-likeness (QED) is 0.823. The fourth-order valence-electron chi connectivity index (χ4n) is 1.63. The molecule has 0 spiro atoms. The number of benzene rings is 1. The summed E-state index contributed by atoms with van der Waals surface area (Å²) in [7, 11) is -1.79. The van der Waals surface area contributed by atoms with Crippen molar-refractivity contribution >= 4 is 10.0 Å². The predicted octanol–water partition coefficient (Wildman–Crippen LogP) is 1.88. The number of hydrogen-bond donors (Lipinski definition) is 1. The minimum atomic E-state index is -3.28. The lowest BCUT2D eigenvalue weighted by Crippen LogP contribution is -2.30. The Kier molecular flexibility index (Phi) is 5.78. The first kappa shape index (κ1) is 15.1. The summed E-state index contributed by atoms with van der Waals surface area (Å²) in [6.07, 6.45) is 0.980. The largest absolute Gasteiger partial charge is 0.384 e. The molecular formula is C13H21NO3S. The molecule has 1 rings (SSSR count). The molecule has 5 heteroatoms. The van der Waals surface area contributed by atoms with Crippen LogP contribution in [0.5, 0.6) is 0 Å². The van der Waals surface area contributed by atoms with Crippen molar-refractivity contribution in [3.8, 4) is 0 Å². The molecule has 0 aliphatic rings. The number of nitrogens with one attached hydrogen (secondary N) is 1. The van der Waals surface area contributed by atoms with E-state index in [-0.39, 0.29) is 18.4 Å². The van der Waals surface area contributed by atoms with Crippen LogP contribution in [0, 0.1) is 0 Å². The molecule has 0 aromatic heterocycles. The molecule has 0 fully saturated rings. The van der Waals surface area contributed by atoms with Crippen molar-refractivity contribution in [2.24, 2.45) is 0 Å². The molecule has 0 amide bonds. The van der Waals surface area contributed by atoms with Crippen LogP contribution in [0.4, 0.5) is 0 Å². The van der Waals surface area contributed by atoms with Crippen molar-refractivity contribution in [2.75, 3.05) is 19.5 Å². The minimum absolute atomic E-state index is 0.0130. The van der Waals surface area contributed by atoms with Gasteiger partial charge in [0.15, 0.2) is 0 Å². The first-order valence-corrected chi connectivity index (χ1v) is 7.71. The molecule has 4 nitrogen and oxygen atoms in total. The van der Waals surface area contributed by atoms with E-state index in [0.29, 0.717) is 0 Å². The van der Waals surface area contributed by atoms with Crippen LogP contribution in [0.3, 0.4) is 0 Å². The maximum atomic E-state index is 11.7. The average Bonchev–Trinajstić information content (AvgIpc) is 2.36. The fourth-order valence-corrected chi connectivity index (χ4v) is 2.81. The summed E-state index contributed by atoms with van der Waals surface area (Å²) < 4.78 is 30.8. The highest BCUT2D eigenvalue weighted by Gasteiger charge is 2.15. The van der Waals surface area contributed by atoms with E-state index in [0.717, 1.165) is 12.0 Å². The summed E-state index contributed by atoms with van der Waals surface area (Å²) in [6, 6.07) is 7.74. The van der Waals surface area contributed by atoms with Crippen molar-refractivity contribution in [3.63, 3.8) is 0 Å². The van der Waals surface area contributed by atoms with Crippen molar-refractivity contribution in [1.29, 1.82) is 0 Å². The van der Waals surface area contributed by atoms with Crippen LogP contribution >= 0.6 is 0 Å². The Balaban J connectivity index is 2.66. The first-order chi connectivity index (χ1) is 8.48. The second-order valence-corrected chi connectivity index (χ2v) is 6.12. The molecule has 18 heavy (non-hydrogen) atoms. The third-order valence-corrected chi connectivity index (χ3v) is 4.22. The molecule has 102 valence electrons. The Morgan fingerprint density at radius 1 is 1.28 bits per heavy atom. The van der Waals surface area contributed by atoms with Crippen LogP contribution in [0.25, 0.3) is 0 Å². The third kappa shape index (κ3) is 4.76. The molecule has 0 saturated heterocycles. The lowest BCUT2D eigenvalue weighted by molar-refractivity contribution is 0.216. The molecule has 0 aliphatic heterocycles. The lowest BCUT2D eigenvalue weighted by atomic mass is 10.1. The number of methoxy groups -OCH3 is 1. The highest BCUT2D eigenvalue weighted by atomic mass is 32.2. The van der Waals surface area contributed by atoms with E-state index in [1.807, 2.05) is 31.2 Å². The number of hydrogen-bond acceptors (Lipinski definition) is 3. The van der Waals surface area contributed by atoms with Crippen LogP contribution in [0.1, 0.15) is 31.0 Å². The number of sulfonamides is 1. The highest BCUT2D eigenvalue weighted by Crippen LogP contribution is 2.14. The summed E-state index contributed by atoms with van der Waals surface area (Å²) >= 11 is 0. The van der Waals surface area contributed by atoms with E-state index in [4.69, 9.17) is 4.74 Å². The van der Waals surface area contributed by atoms with Gasteiger partial charge in [-0.2, -0.15) is 0 Å². The van der Waals surface area contributed by atoms with Crippen LogP contribution in [-0.2, 0) is 21.2 Å². The first-order valence-electron chi connectivity index (χ1n) is 6.06. The van der Waals surface area contributed by atoms with Gasteiger partial charge in [-0.1, -0.05) is 31.2 Å². The van der Waals surface area contributed by atoms with Crippen molar-refractivity contribution in [2.45, 2.75) is 26.3 Å². The smallest absolute Gasteiger partial charge is 0.214 e. The maximum Gasteiger partial charge on any atom is 0.214 e. The molecule has 1 atom stereocenters.